The second-order valence-corrected chi connectivity index (χ2v) is 8.90. The summed E-state index contributed by atoms with van der Waals surface area (Å²) in [5, 5.41) is 10.2. The predicted octanol–water partition coefficient (Wildman–Crippen LogP) is 3.67. The molecule has 1 N–H and O–H groups in total. The Morgan fingerprint density at radius 3 is 2.40 bits per heavy atom. The molecule has 0 aromatic heterocycles. The van der Waals surface area contributed by atoms with Gasteiger partial charge >= 0.3 is 0 Å². The van der Waals surface area contributed by atoms with Crippen LogP contribution in [-0.4, -0.2) is 29.0 Å². The smallest absolute Gasteiger partial charge is 0.127 e. The van der Waals surface area contributed by atoms with E-state index < -0.39 is 0 Å². The first-order chi connectivity index (χ1) is 9.25. The van der Waals surface area contributed by atoms with Crippen LogP contribution in [0, 0.1) is 20.8 Å². The summed E-state index contributed by atoms with van der Waals surface area (Å²) < 4.78 is 6.41. The Labute approximate surface area is 125 Å². The van der Waals surface area contributed by atoms with E-state index in [0.29, 0.717) is 16.6 Å². The zero-order chi connectivity index (χ0) is 15.1. The summed E-state index contributed by atoms with van der Waals surface area (Å²) >= 11 is 0. The number of phenolic OH excluding ortho intramolecular Hbond substituents is 1. The summed E-state index contributed by atoms with van der Waals surface area (Å²) in [5.41, 5.74) is 4.20. The summed E-state index contributed by atoms with van der Waals surface area (Å²) in [5.74, 6) is 2.69. The lowest BCUT2D eigenvalue weighted by molar-refractivity contribution is 0.0609. The van der Waals surface area contributed by atoms with E-state index >= 15 is 0 Å². The Balaban J connectivity index is 2.35. The third-order valence-electron chi connectivity index (χ3n) is 4.63. The second-order valence-electron chi connectivity index (χ2n) is 6.52. The van der Waals surface area contributed by atoms with Crippen molar-refractivity contribution in [2.75, 3.05) is 18.3 Å². The number of fused-ring (bicyclic) bond motifs is 1. The van der Waals surface area contributed by atoms with Crippen molar-refractivity contribution in [1.29, 1.82) is 0 Å². The Hall–Kier alpha value is -0.830. The van der Waals surface area contributed by atoms with E-state index in [1.165, 1.54) is 11.3 Å². The average Bonchev–Trinajstić information content (AvgIpc) is 2.41. The summed E-state index contributed by atoms with van der Waals surface area (Å²) in [6, 6.07) is 0. The molecular weight excluding hydrogens is 268 g/mol. The summed E-state index contributed by atoms with van der Waals surface area (Å²) in [6.07, 6.45) is 7.74. The molecule has 1 aromatic rings. The first-order valence-corrected chi connectivity index (χ1v) is 9.51. The highest BCUT2D eigenvalue weighted by molar-refractivity contribution is 7.95. The number of benzene rings is 1. The lowest BCUT2D eigenvalue weighted by Gasteiger charge is -2.37. The molecule has 1 heterocycles. The molecule has 1 atom stereocenters. The normalized spacial score (nSPS) is 21.8. The molecule has 0 unspecified atom stereocenters. The first-order valence-electron chi connectivity index (χ1n) is 7.30. The highest BCUT2D eigenvalue weighted by Crippen LogP contribution is 2.44. The molecule has 0 bridgehead atoms. The lowest BCUT2D eigenvalue weighted by Crippen LogP contribution is -2.38. The van der Waals surface area contributed by atoms with Crippen molar-refractivity contribution in [3.8, 4) is 11.5 Å². The van der Waals surface area contributed by atoms with Gasteiger partial charge in [0.1, 0.15) is 22.9 Å². The van der Waals surface area contributed by atoms with Crippen molar-refractivity contribution in [3.05, 3.63) is 22.3 Å². The van der Waals surface area contributed by atoms with Crippen LogP contribution in [-0.2, 0) is 17.3 Å². The molecule has 20 heavy (non-hydrogen) atoms. The van der Waals surface area contributed by atoms with Crippen LogP contribution >= 0.6 is 0 Å². The number of phenols is 1. The van der Waals surface area contributed by atoms with Gasteiger partial charge in [0.05, 0.1) is 12.5 Å². The zero-order valence-electron chi connectivity index (χ0n) is 13.6. The van der Waals surface area contributed by atoms with Crippen molar-refractivity contribution < 1.29 is 9.84 Å². The number of hydrogen-bond donors (Lipinski definition) is 1. The number of hydrogen-bond acceptors (Lipinski definition) is 2. The van der Waals surface area contributed by atoms with Gasteiger partial charge in [0.15, 0.2) is 0 Å². The highest BCUT2D eigenvalue weighted by atomic mass is 32.2. The maximum atomic E-state index is 10.2. The van der Waals surface area contributed by atoms with Crippen LogP contribution < -0.4 is 4.74 Å². The molecule has 2 nitrogen and oxygen atoms in total. The molecule has 112 valence electrons. The van der Waals surface area contributed by atoms with Crippen molar-refractivity contribution in [2.24, 2.45) is 0 Å². The molecule has 1 aliphatic heterocycles. The Bertz CT molecular complexity index is 522. The van der Waals surface area contributed by atoms with Gasteiger partial charge in [-0.15, -0.1) is 0 Å². The van der Waals surface area contributed by atoms with Crippen molar-refractivity contribution in [2.45, 2.75) is 52.6 Å². The van der Waals surface area contributed by atoms with Gasteiger partial charge in [-0.05, 0) is 68.1 Å². The van der Waals surface area contributed by atoms with E-state index in [2.05, 4.69) is 26.4 Å². The monoisotopic (exact) mass is 295 g/mol. The Kier molecular flexibility index (Phi) is 4.29. The van der Waals surface area contributed by atoms with Gasteiger partial charge < -0.3 is 9.84 Å². The summed E-state index contributed by atoms with van der Waals surface area (Å²) in [4.78, 5) is 0. The van der Waals surface area contributed by atoms with Gasteiger partial charge in [-0.3, -0.25) is 0 Å². The van der Waals surface area contributed by atoms with Gasteiger partial charge in [-0.25, -0.2) is 0 Å². The maximum absolute atomic E-state index is 10.2. The van der Waals surface area contributed by atoms with Crippen molar-refractivity contribution in [1.82, 2.24) is 0 Å². The Morgan fingerprint density at radius 1 is 1.15 bits per heavy atom. The molecule has 0 saturated carbocycles. The fourth-order valence-electron chi connectivity index (χ4n) is 2.89. The van der Waals surface area contributed by atoms with Crippen LogP contribution in [0.2, 0.25) is 0 Å². The molecule has 0 spiro atoms. The van der Waals surface area contributed by atoms with Crippen molar-refractivity contribution >= 4 is 10.9 Å². The first kappa shape index (κ1) is 15.6. The molecule has 0 amide bonds. The van der Waals surface area contributed by atoms with E-state index in [9.17, 15) is 5.11 Å². The van der Waals surface area contributed by atoms with Crippen LogP contribution in [0.4, 0.5) is 0 Å². The molecule has 0 radical (unpaired) electrons. The predicted molar refractivity (Wildman–Crippen MR) is 88.4 cm³/mol. The summed E-state index contributed by atoms with van der Waals surface area (Å²) in [6.45, 7) is 8.27. The SMILES string of the molecule is Cc1c(C)c2c(c(C)c1O)CC[C@@](C)(CC[S+](C)C)O2. The Morgan fingerprint density at radius 2 is 1.80 bits per heavy atom. The minimum Gasteiger partial charge on any atom is -0.507 e. The van der Waals surface area contributed by atoms with Gasteiger partial charge in [0.2, 0.25) is 0 Å². The molecule has 0 aliphatic carbocycles. The minimum absolute atomic E-state index is 0.0507. The van der Waals surface area contributed by atoms with Crippen LogP contribution in [0.25, 0.3) is 0 Å². The molecule has 0 fully saturated rings. The topological polar surface area (TPSA) is 29.5 Å². The second kappa shape index (κ2) is 5.51. The third kappa shape index (κ3) is 2.78. The summed E-state index contributed by atoms with van der Waals surface area (Å²) in [7, 11) is 0.461. The van der Waals surface area contributed by atoms with Gasteiger partial charge in [0, 0.05) is 12.0 Å². The zero-order valence-corrected chi connectivity index (χ0v) is 14.4. The lowest BCUT2D eigenvalue weighted by atomic mass is 9.86. The quantitative estimate of drug-likeness (QED) is 0.862. The molecule has 1 aliphatic rings. The van der Waals surface area contributed by atoms with Crippen LogP contribution in [0.1, 0.15) is 42.0 Å². The van der Waals surface area contributed by atoms with E-state index in [-0.39, 0.29) is 5.60 Å². The van der Waals surface area contributed by atoms with Gasteiger partial charge in [-0.2, -0.15) is 0 Å². The maximum Gasteiger partial charge on any atom is 0.127 e. The van der Waals surface area contributed by atoms with Gasteiger partial charge in [0.25, 0.3) is 0 Å². The molecule has 0 saturated heterocycles. The fourth-order valence-corrected chi connectivity index (χ4v) is 3.73. The molecule has 2 rings (SSSR count). The molecule has 3 heteroatoms. The van der Waals surface area contributed by atoms with Crippen LogP contribution in [0.15, 0.2) is 0 Å². The van der Waals surface area contributed by atoms with E-state index in [1.54, 1.807) is 0 Å². The molecular formula is C17H27O2S+. The molecule has 1 aromatic carbocycles. The van der Waals surface area contributed by atoms with E-state index in [4.69, 9.17) is 4.74 Å². The van der Waals surface area contributed by atoms with Crippen molar-refractivity contribution in [3.63, 3.8) is 0 Å². The number of aromatic hydroxyl groups is 1. The largest absolute Gasteiger partial charge is 0.507 e. The van der Waals surface area contributed by atoms with E-state index in [0.717, 1.165) is 41.7 Å². The number of ether oxygens (including phenoxy) is 1. The van der Waals surface area contributed by atoms with Gasteiger partial charge in [-0.1, -0.05) is 0 Å². The van der Waals surface area contributed by atoms with Crippen LogP contribution in [0.5, 0.6) is 11.5 Å². The number of rotatable bonds is 3. The van der Waals surface area contributed by atoms with Crippen LogP contribution in [0.3, 0.4) is 0 Å². The average molecular weight is 295 g/mol. The third-order valence-corrected chi connectivity index (χ3v) is 5.65. The highest BCUT2D eigenvalue weighted by Gasteiger charge is 2.35. The minimum atomic E-state index is -0.0507. The standard InChI is InChI=1S/C17H26O2S/c1-11-12(2)16-14(13(3)15(11)18)7-8-17(4,19-16)9-10-20(5)6/h7-10H2,1-6H3/p+1/t17-/m0/s1. The van der Waals surface area contributed by atoms with E-state index in [1.807, 2.05) is 13.8 Å². The fraction of sp³-hybridized carbons (Fsp3) is 0.647.